The van der Waals surface area contributed by atoms with E-state index in [1.807, 2.05) is 48.5 Å². The Morgan fingerprint density at radius 1 is 1.04 bits per heavy atom. The zero-order valence-corrected chi connectivity index (χ0v) is 14.8. The van der Waals surface area contributed by atoms with Crippen molar-refractivity contribution >= 4 is 17.7 Å². The quantitative estimate of drug-likeness (QED) is 0.825. The minimum absolute atomic E-state index is 0.0748. The lowest BCUT2D eigenvalue weighted by Crippen LogP contribution is -2.29. The molecule has 1 heterocycles. The van der Waals surface area contributed by atoms with Gasteiger partial charge in [0.25, 0.3) is 0 Å². The van der Waals surface area contributed by atoms with Gasteiger partial charge in [0, 0.05) is 17.4 Å². The summed E-state index contributed by atoms with van der Waals surface area (Å²) in [6.07, 6.45) is 3.05. The molecule has 1 aliphatic carbocycles. The lowest BCUT2D eigenvalue weighted by Gasteiger charge is -2.18. The van der Waals surface area contributed by atoms with Gasteiger partial charge in [-0.2, -0.15) is 0 Å². The third kappa shape index (κ3) is 4.10. The van der Waals surface area contributed by atoms with Gasteiger partial charge >= 0.3 is 0 Å². The van der Waals surface area contributed by atoms with E-state index < -0.39 is 0 Å². The Hall–Kier alpha value is -2.14. The molecular weight excluding hydrogens is 334 g/mol. The van der Waals surface area contributed by atoms with Gasteiger partial charge in [0.2, 0.25) is 5.91 Å². The first-order valence-corrected chi connectivity index (χ1v) is 9.59. The van der Waals surface area contributed by atoms with Crippen LogP contribution in [0, 0.1) is 0 Å². The van der Waals surface area contributed by atoms with Crippen LogP contribution in [0.3, 0.4) is 0 Å². The van der Waals surface area contributed by atoms with Crippen LogP contribution in [0.25, 0.3) is 0 Å². The van der Waals surface area contributed by atoms with Crippen LogP contribution in [0.4, 0.5) is 0 Å². The Kier molecular flexibility index (Phi) is 4.83. The topological polar surface area (TPSA) is 47.6 Å². The van der Waals surface area contributed by atoms with Gasteiger partial charge in [-0.3, -0.25) is 4.79 Å². The van der Waals surface area contributed by atoms with E-state index in [-0.39, 0.29) is 11.2 Å². The normalized spacial score (nSPS) is 17.4. The van der Waals surface area contributed by atoms with Crippen molar-refractivity contribution in [3.8, 4) is 11.5 Å². The summed E-state index contributed by atoms with van der Waals surface area (Å²) in [7, 11) is 0. The maximum atomic E-state index is 12.8. The SMILES string of the molecule is O=C(NC1CC1)C(Sc1ccc2c(c1)OCCCO2)c1ccccc1. The average molecular weight is 355 g/mol. The average Bonchev–Trinajstić information content (AvgIpc) is 3.47. The summed E-state index contributed by atoms with van der Waals surface area (Å²) in [5, 5.41) is 2.86. The van der Waals surface area contributed by atoms with E-state index in [0.717, 1.165) is 41.2 Å². The molecule has 2 aliphatic rings. The number of amides is 1. The van der Waals surface area contributed by atoms with Crippen LogP contribution in [0.15, 0.2) is 53.4 Å². The molecule has 0 spiro atoms. The molecule has 5 heteroatoms. The van der Waals surface area contributed by atoms with Crippen molar-refractivity contribution in [2.75, 3.05) is 13.2 Å². The minimum atomic E-state index is -0.272. The molecule has 25 heavy (non-hydrogen) atoms. The summed E-state index contributed by atoms with van der Waals surface area (Å²) in [5.41, 5.74) is 1.01. The molecule has 130 valence electrons. The van der Waals surface area contributed by atoms with Crippen molar-refractivity contribution in [1.29, 1.82) is 0 Å². The largest absolute Gasteiger partial charge is 0.490 e. The van der Waals surface area contributed by atoms with Gasteiger partial charge in [-0.15, -0.1) is 11.8 Å². The number of nitrogens with one attached hydrogen (secondary N) is 1. The van der Waals surface area contributed by atoms with Gasteiger partial charge in [0.1, 0.15) is 5.25 Å². The molecule has 1 aliphatic heterocycles. The maximum Gasteiger partial charge on any atom is 0.238 e. The molecule has 4 rings (SSSR count). The summed E-state index contributed by atoms with van der Waals surface area (Å²) in [4.78, 5) is 13.8. The highest BCUT2D eigenvalue weighted by molar-refractivity contribution is 8.00. The summed E-state index contributed by atoms with van der Waals surface area (Å²) in [6.45, 7) is 1.33. The second-order valence-electron chi connectivity index (χ2n) is 6.35. The number of hydrogen-bond donors (Lipinski definition) is 1. The van der Waals surface area contributed by atoms with Gasteiger partial charge in [-0.05, 0) is 36.6 Å². The number of hydrogen-bond acceptors (Lipinski definition) is 4. The zero-order chi connectivity index (χ0) is 17.1. The number of rotatable bonds is 5. The molecule has 1 unspecified atom stereocenters. The molecule has 0 saturated heterocycles. The van der Waals surface area contributed by atoms with E-state index in [1.165, 1.54) is 0 Å². The Morgan fingerprint density at radius 2 is 1.80 bits per heavy atom. The standard InChI is InChI=1S/C20H21NO3S/c22-20(21-15-7-8-15)19(14-5-2-1-3-6-14)25-16-9-10-17-18(13-16)24-12-4-11-23-17/h1-3,5-6,9-10,13,15,19H,4,7-8,11-12H2,(H,21,22). The van der Waals surface area contributed by atoms with Crippen LogP contribution in [0.5, 0.6) is 11.5 Å². The van der Waals surface area contributed by atoms with Gasteiger partial charge in [-0.25, -0.2) is 0 Å². The highest BCUT2D eigenvalue weighted by atomic mass is 32.2. The lowest BCUT2D eigenvalue weighted by atomic mass is 10.1. The highest BCUT2D eigenvalue weighted by Gasteiger charge is 2.29. The van der Waals surface area contributed by atoms with Crippen LogP contribution in [0.1, 0.15) is 30.1 Å². The van der Waals surface area contributed by atoms with Crippen molar-refractivity contribution in [3.63, 3.8) is 0 Å². The Bertz CT molecular complexity index is 746. The molecule has 1 saturated carbocycles. The fourth-order valence-corrected chi connectivity index (χ4v) is 3.82. The Balaban J connectivity index is 1.57. The zero-order valence-electron chi connectivity index (χ0n) is 13.9. The van der Waals surface area contributed by atoms with Crippen LogP contribution in [-0.2, 0) is 4.79 Å². The summed E-state index contributed by atoms with van der Waals surface area (Å²) < 4.78 is 11.5. The van der Waals surface area contributed by atoms with Gasteiger partial charge in [0.05, 0.1) is 13.2 Å². The third-order valence-electron chi connectivity index (χ3n) is 4.24. The van der Waals surface area contributed by atoms with E-state index in [2.05, 4.69) is 5.32 Å². The fraction of sp³-hybridized carbons (Fsp3) is 0.350. The summed E-state index contributed by atoms with van der Waals surface area (Å²) >= 11 is 1.55. The van der Waals surface area contributed by atoms with Crippen LogP contribution >= 0.6 is 11.8 Å². The van der Waals surface area contributed by atoms with E-state index in [9.17, 15) is 4.79 Å². The first-order valence-electron chi connectivity index (χ1n) is 8.71. The number of ether oxygens (including phenoxy) is 2. The van der Waals surface area contributed by atoms with E-state index in [4.69, 9.17) is 9.47 Å². The number of carbonyl (C=O) groups is 1. The molecule has 0 radical (unpaired) electrons. The van der Waals surface area contributed by atoms with Crippen molar-refractivity contribution < 1.29 is 14.3 Å². The molecule has 2 aromatic rings. The van der Waals surface area contributed by atoms with Crippen LogP contribution < -0.4 is 14.8 Å². The van der Waals surface area contributed by atoms with Crippen LogP contribution in [0.2, 0.25) is 0 Å². The number of benzene rings is 2. The second-order valence-corrected chi connectivity index (χ2v) is 7.53. The Labute approximate surface area is 151 Å². The van der Waals surface area contributed by atoms with E-state index in [0.29, 0.717) is 19.3 Å². The maximum absolute atomic E-state index is 12.8. The molecule has 1 amide bonds. The predicted octanol–water partition coefficient (Wildman–Crippen LogP) is 3.96. The molecular formula is C20H21NO3S. The summed E-state index contributed by atoms with van der Waals surface area (Å²) in [5.74, 6) is 1.61. The second kappa shape index (κ2) is 7.40. The number of thioether (sulfide) groups is 1. The summed E-state index contributed by atoms with van der Waals surface area (Å²) in [6, 6.07) is 16.2. The fourth-order valence-electron chi connectivity index (χ4n) is 2.76. The van der Waals surface area contributed by atoms with E-state index in [1.54, 1.807) is 11.8 Å². The molecule has 4 nitrogen and oxygen atoms in total. The first-order chi connectivity index (χ1) is 12.3. The molecule has 1 N–H and O–H groups in total. The van der Waals surface area contributed by atoms with Crippen molar-refractivity contribution in [2.45, 2.75) is 35.4 Å². The lowest BCUT2D eigenvalue weighted by molar-refractivity contribution is -0.120. The Morgan fingerprint density at radius 3 is 2.56 bits per heavy atom. The van der Waals surface area contributed by atoms with Crippen molar-refractivity contribution in [3.05, 3.63) is 54.1 Å². The first kappa shape index (κ1) is 16.3. The molecule has 0 bridgehead atoms. The molecule has 2 aromatic carbocycles. The number of fused-ring (bicyclic) bond motifs is 1. The van der Waals surface area contributed by atoms with Crippen molar-refractivity contribution in [1.82, 2.24) is 5.32 Å². The molecule has 0 aromatic heterocycles. The number of carbonyl (C=O) groups excluding carboxylic acids is 1. The van der Waals surface area contributed by atoms with Crippen molar-refractivity contribution in [2.24, 2.45) is 0 Å². The van der Waals surface area contributed by atoms with Gasteiger partial charge in [-0.1, -0.05) is 30.3 Å². The predicted molar refractivity (Wildman–Crippen MR) is 98.3 cm³/mol. The molecule has 1 atom stereocenters. The minimum Gasteiger partial charge on any atom is -0.490 e. The van der Waals surface area contributed by atoms with Gasteiger partial charge < -0.3 is 14.8 Å². The smallest absolute Gasteiger partial charge is 0.238 e. The monoisotopic (exact) mass is 355 g/mol. The highest BCUT2D eigenvalue weighted by Crippen LogP contribution is 2.40. The van der Waals surface area contributed by atoms with Gasteiger partial charge in [0.15, 0.2) is 11.5 Å². The van der Waals surface area contributed by atoms with E-state index >= 15 is 0 Å². The third-order valence-corrected chi connectivity index (χ3v) is 5.49. The molecule has 1 fully saturated rings. The van der Waals surface area contributed by atoms with Crippen LogP contribution in [-0.4, -0.2) is 25.2 Å².